The van der Waals surface area contributed by atoms with Gasteiger partial charge in [0.25, 0.3) is 5.91 Å². The summed E-state index contributed by atoms with van der Waals surface area (Å²) in [5, 5.41) is 2.83. The molecule has 0 radical (unpaired) electrons. The summed E-state index contributed by atoms with van der Waals surface area (Å²) in [6.45, 7) is 0.440. The molecular formula is C22H22BrNO5S. The molecule has 8 heteroatoms. The van der Waals surface area contributed by atoms with Crippen molar-refractivity contribution in [1.82, 2.24) is 5.32 Å². The van der Waals surface area contributed by atoms with Crippen LogP contribution in [0, 0.1) is 0 Å². The fraction of sp³-hybridized carbons (Fsp3) is 0.227. The van der Waals surface area contributed by atoms with E-state index in [9.17, 15) is 9.00 Å². The second-order valence-electron chi connectivity index (χ2n) is 6.40. The Morgan fingerprint density at radius 3 is 2.47 bits per heavy atom. The molecule has 30 heavy (non-hydrogen) atoms. The predicted molar refractivity (Wildman–Crippen MR) is 119 cm³/mol. The number of carbonyl (C=O) groups is 1. The Kier molecular flexibility index (Phi) is 7.70. The SMILES string of the molecule is COc1ccc(CCNC(=O)c2ccc(CS(=O)c3ccc(Br)cc3)o2)cc1OC. The van der Waals surface area contributed by atoms with Gasteiger partial charge in [-0.1, -0.05) is 22.0 Å². The van der Waals surface area contributed by atoms with Crippen molar-refractivity contribution in [2.75, 3.05) is 20.8 Å². The van der Waals surface area contributed by atoms with Crippen LogP contribution >= 0.6 is 15.9 Å². The van der Waals surface area contributed by atoms with Gasteiger partial charge in [0.05, 0.1) is 30.8 Å². The third-order valence-corrected chi connectivity index (χ3v) is 6.26. The number of hydrogen-bond acceptors (Lipinski definition) is 5. The van der Waals surface area contributed by atoms with Crippen molar-refractivity contribution in [3.63, 3.8) is 0 Å². The van der Waals surface area contributed by atoms with E-state index in [1.165, 1.54) is 0 Å². The van der Waals surface area contributed by atoms with Crippen LogP contribution in [-0.2, 0) is 23.0 Å². The number of methoxy groups -OCH3 is 2. The second-order valence-corrected chi connectivity index (χ2v) is 8.77. The molecular weight excluding hydrogens is 470 g/mol. The molecule has 3 rings (SSSR count). The lowest BCUT2D eigenvalue weighted by molar-refractivity contribution is 0.0925. The van der Waals surface area contributed by atoms with E-state index in [1.807, 2.05) is 30.3 Å². The van der Waals surface area contributed by atoms with E-state index in [-0.39, 0.29) is 17.4 Å². The lowest BCUT2D eigenvalue weighted by atomic mass is 10.1. The summed E-state index contributed by atoms with van der Waals surface area (Å²) < 4.78 is 29.5. The largest absolute Gasteiger partial charge is 0.493 e. The second kappa shape index (κ2) is 10.4. The Hall–Kier alpha value is -2.58. The van der Waals surface area contributed by atoms with Crippen molar-refractivity contribution in [3.8, 4) is 11.5 Å². The van der Waals surface area contributed by atoms with Gasteiger partial charge in [0.15, 0.2) is 17.3 Å². The minimum absolute atomic E-state index is 0.199. The highest BCUT2D eigenvalue weighted by atomic mass is 79.9. The molecule has 0 spiro atoms. The van der Waals surface area contributed by atoms with Crippen LogP contribution in [-0.4, -0.2) is 30.9 Å². The van der Waals surface area contributed by atoms with E-state index >= 15 is 0 Å². The first-order valence-corrected chi connectivity index (χ1v) is 11.3. The van der Waals surface area contributed by atoms with Crippen LogP contribution in [0.15, 0.2) is 68.4 Å². The average molecular weight is 492 g/mol. The van der Waals surface area contributed by atoms with Gasteiger partial charge in [-0.25, -0.2) is 0 Å². The fourth-order valence-electron chi connectivity index (χ4n) is 2.82. The number of ether oxygens (including phenoxy) is 2. The zero-order chi connectivity index (χ0) is 21.5. The summed E-state index contributed by atoms with van der Waals surface area (Å²) in [4.78, 5) is 13.0. The number of rotatable bonds is 9. The molecule has 0 saturated carbocycles. The first kappa shape index (κ1) is 22.1. The summed E-state index contributed by atoms with van der Waals surface area (Å²) in [7, 11) is 1.92. The normalized spacial score (nSPS) is 11.7. The van der Waals surface area contributed by atoms with Crippen molar-refractivity contribution >= 4 is 32.6 Å². The lowest BCUT2D eigenvalue weighted by Crippen LogP contribution is -2.25. The summed E-state index contributed by atoms with van der Waals surface area (Å²) in [6, 6.07) is 16.2. The predicted octanol–water partition coefficient (Wildman–Crippen LogP) is 4.34. The van der Waals surface area contributed by atoms with Crippen molar-refractivity contribution in [2.24, 2.45) is 0 Å². The maximum absolute atomic E-state index is 12.4. The highest BCUT2D eigenvalue weighted by Crippen LogP contribution is 2.27. The summed E-state index contributed by atoms with van der Waals surface area (Å²) in [5.41, 5.74) is 1.01. The van der Waals surface area contributed by atoms with E-state index in [2.05, 4.69) is 21.2 Å². The van der Waals surface area contributed by atoms with Crippen molar-refractivity contribution in [3.05, 3.63) is 76.2 Å². The Balaban J connectivity index is 1.52. The molecule has 0 bridgehead atoms. The average Bonchev–Trinajstić information content (AvgIpc) is 3.22. The highest BCUT2D eigenvalue weighted by Gasteiger charge is 2.14. The number of benzene rings is 2. The van der Waals surface area contributed by atoms with Gasteiger partial charge >= 0.3 is 0 Å². The van der Waals surface area contributed by atoms with E-state index in [0.717, 1.165) is 10.0 Å². The van der Waals surface area contributed by atoms with Gasteiger partial charge in [-0.2, -0.15) is 0 Å². The van der Waals surface area contributed by atoms with Crippen LogP contribution in [0.3, 0.4) is 0 Å². The van der Waals surface area contributed by atoms with Crippen LogP contribution < -0.4 is 14.8 Å². The van der Waals surface area contributed by atoms with Crippen molar-refractivity contribution < 1.29 is 22.9 Å². The monoisotopic (exact) mass is 491 g/mol. The topological polar surface area (TPSA) is 77.8 Å². The molecule has 0 aliphatic heterocycles. The number of nitrogens with one attached hydrogen (secondary N) is 1. The zero-order valence-electron chi connectivity index (χ0n) is 16.6. The van der Waals surface area contributed by atoms with Gasteiger partial charge < -0.3 is 19.2 Å². The Morgan fingerprint density at radius 2 is 1.77 bits per heavy atom. The summed E-state index contributed by atoms with van der Waals surface area (Å²) in [5.74, 6) is 1.91. The quantitative estimate of drug-likeness (QED) is 0.481. The number of halogens is 1. The number of amides is 1. The molecule has 6 nitrogen and oxygen atoms in total. The van der Waals surface area contributed by atoms with Crippen LogP contribution in [0.1, 0.15) is 21.9 Å². The van der Waals surface area contributed by atoms with Gasteiger partial charge in [-0.15, -0.1) is 0 Å². The maximum atomic E-state index is 12.4. The molecule has 1 atom stereocenters. The molecule has 1 unspecified atom stereocenters. The molecule has 2 aromatic carbocycles. The van der Waals surface area contributed by atoms with Crippen LogP contribution in [0.2, 0.25) is 0 Å². The van der Waals surface area contributed by atoms with Gasteiger partial charge in [-0.05, 0) is 60.5 Å². The molecule has 0 aliphatic carbocycles. The van der Waals surface area contributed by atoms with Crippen molar-refractivity contribution in [1.29, 1.82) is 0 Å². The fourth-order valence-corrected chi connectivity index (χ4v) is 4.10. The minimum Gasteiger partial charge on any atom is -0.493 e. The molecule has 1 amide bonds. The van der Waals surface area contributed by atoms with E-state index in [4.69, 9.17) is 13.9 Å². The van der Waals surface area contributed by atoms with Gasteiger partial charge in [0.1, 0.15) is 5.76 Å². The Morgan fingerprint density at radius 1 is 1.03 bits per heavy atom. The lowest BCUT2D eigenvalue weighted by Gasteiger charge is -2.09. The molecule has 1 N–H and O–H groups in total. The molecule has 3 aromatic rings. The van der Waals surface area contributed by atoms with Crippen LogP contribution in [0.5, 0.6) is 11.5 Å². The third kappa shape index (κ3) is 5.73. The first-order valence-electron chi connectivity index (χ1n) is 9.22. The summed E-state index contributed by atoms with van der Waals surface area (Å²) in [6.07, 6.45) is 0.632. The molecule has 0 saturated heterocycles. The minimum atomic E-state index is -1.25. The van der Waals surface area contributed by atoms with E-state index < -0.39 is 10.8 Å². The van der Waals surface area contributed by atoms with E-state index in [1.54, 1.807) is 38.5 Å². The Bertz CT molecular complexity index is 1030. The maximum Gasteiger partial charge on any atom is 0.287 e. The number of furan rings is 1. The Labute approximate surface area is 186 Å². The van der Waals surface area contributed by atoms with Gasteiger partial charge in [-0.3, -0.25) is 9.00 Å². The first-order chi connectivity index (χ1) is 14.5. The smallest absolute Gasteiger partial charge is 0.287 e. The molecule has 1 aromatic heterocycles. The van der Waals surface area contributed by atoms with Gasteiger partial charge in [0.2, 0.25) is 0 Å². The number of hydrogen-bond donors (Lipinski definition) is 1. The highest BCUT2D eigenvalue weighted by molar-refractivity contribution is 9.10. The van der Waals surface area contributed by atoms with Crippen molar-refractivity contribution in [2.45, 2.75) is 17.1 Å². The van der Waals surface area contributed by atoms with E-state index in [0.29, 0.717) is 35.1 Å². The van der Waals surface area contributed by atoms with Crippen LogP contribution in [0.4, 0.5) is 0 Å². The zero-order valence-corrected chi connectivity index (χ0v) is 19.0. The molecule has 0 fully saturated rings. The van der Waals surface area contributed by atoms with Crippen LogP contribution in [0.25, 0.3) is 0 Å². The molecule has 158 valence electrons. The van der Waals surface area contributed by atoms with Gasteiger partial charge in [0, 0.05) is 15.9 Å². The summed E-state index contributed by atoms with van der Waals surface area (Å²) >= 11 is 3.36. The standard InChI is InChI=1S/C22H22BrNO5S/c1-27-19-9-3-15(13-21(19)28-2)11-12-24-22(25)20-10-6-17(29-20)14-30(26)18-7-4-16(23)5-8-18/h3-10,13H,11-12,14H2,1-2H3,(H,24,25). The molecule has 0 aliphatic rings. The molecule has 1 heterocycles. The number of carbonyl (C=O) groups excluding carboxylic acids is 1. The third-order valence-electron chi connectivity index (χ3n) is 4.38.